The highest BCUT2D eigenvalue weighted by Crippen LogP contribution is 2.07. The Balaban J connectivity index is 3.73. The Kier molecular flexibility index (Phi) is 16.2. The van der Waals surface area contributed by atoms with Crippen LogP contribution in [0.5, 0.6) is 0 Å². The summed E-state index contributed by atoms with van der Waals surface area (Å²) >= 11 is 0. The van der Waals surface area contributed by atoms with Crippen molar-refractivity contribution in [2.24, 2.45) is 0 Å². The van der Waals surface area contributed by atoms with Crippen molar-refractivity contribution in [2.45, 2.75) is 91.9 Å². The Hall–Kier alpha value is -0.0800. The summed E-state index contributed by atoms with van der Waals surface area (Å²) in [7, 11) is 0. The summed E-state index contributed by atoms with van der Waals surface area (Å²) in [5, 5.41) is 0. The third kappa shape index (κ3) is 13.3. The smallest absolute Gasteiger partial charge is 0.0505 e. The van der Waals surface area contributed by atoms with Crippen molar-refractivity contribution in [3.05, 3.63) is 0 Å². The molecule has 0 aliphatic carbocycles. The van der Waals surface area contributed by atoms with Crippen molar-refractivity contribution in [3.8, 4) is 0 Å². The number of hydrogen-bond acceptors (Lipinski definition) is 2. The lowest BCUT2D eigenvalue weighted by atomic mass is 10.1. The molecule has 0 spiro atoms. The van der Waals surface area contributed by atoms with Crippen LogP contribution >= 0.6 is 0 Å². The van der Waals surface area contributed by atoms with Crippen molar-refractivity contribution in [3.63, 3.8) is 0 Å². The lowest BCUT2D eigenvalue weighted by molar-refractivity contribution is 0.137. The zero-order valence-electron chi connectivity index (χ0n) is 15.5. The topological polar surface area (TPSA) is 6.48 Å². The van der Waals surface area contributed by atoms with Crippen LogP contribution in [0.3, 0.4) is 0 Å². The molecule has 0 saturated heterocycles. The van der Waals surface area contributed by atoms with E-state index in [0.717, 1.165) is 0 Å². The van der Waals surface area contributed by atoms with Gasteiger partial charge in [0.05, 0.1) is 6.67 Å². The second-order valence-corrected chi connectivity index (χ2v) is 6.39. The standard InChI is InChI=1S/C19H42N2/c1-5-9-11-13-15-17-20(7-3)19-21(8-4)18-16-14-12-10-6-2/h5-19H2,1-4H3. The molecule has 21 heavy (non-hydrogen) atoms. The number of hydrogen-bond donors (Lipinski definition) is 0. The maximum Gasteiger partial charge on any atom is 0.0505 e. The minimum Gasteiger partial charge on any atom is -0.291 e. The molecule has 0 atom stereocenters. The van der Waals surface area contributed by atoms with Gasteiger partial charge in [-0.2, -0.15) is 0 Å². The first-order valence-electron chi connectivity index (χ1n) is 9.73. The van der Waals surface area contributed by atoms with Crippen molar-refractivity contribution in [1.82, 2.24) is 9.80 Å². The molecule has 0 aromatic heterocycles. The summed E-state index contributed by atoms with van der Waals surface area (Å²) in [6, 6.07) is 0. The van der Waals surface area contributed by atoms with Crippen molar-refractivity contribution >= 4 is 0 Å². The minimum absolute atomic E-state index is 1.18. The van der Waals surface area contributed by atoms with E-state index in [0.29, 0.717) is 0 Å². The predicted molar refractivity (Wildman–Crippen MR) is 96.9 cm³/mol. The molecule has 0 fully saturated rings. The van der Waals surface area contributed by atoms with Crippen LogP contribution in [-0.4, -0.2) is 42.6 Å². The van der Waals surface area contributed by atoms with E-state index >= 15 is 0 Å². The molecule has 0 saturated carbocycles. The van der Waals surface area contributed by atoms with Gasteiger partial charge in [0, 0.05) is 0 Å². The van der Waals surface area contributed by atoms with Crippen molar-refractivity contribution in [2.75, 3.05) is 32.8 Å². The molecule has 2 heteroatoms. The Morgan fingerprint density at radius 1 is 0.476 bits per heavy atom. The maximum atomic E-state index is 2.63. The normalized spacial score (nSPS) is 11.7. The zero-order valence-corrected chi connectivity index (χ0v) is 15.5. The maximum absolute atomic E-state index is 2.63. The fourth-order valence-corrected chi connectivity index (χ4v) is 2.82. The van der Waals surface area contributed by atoms with Gasteiger partial charge in [0.15, 0.2) is 0 Å². The first-order chi connectivity index (χ1) is 10.3. The number of rotatable bonds is 16. The van der Waals surface area contributed by atoms with Crippen LogP contribution in [-0.2, 0) is 0 Å². The fourth-order valence-electron chi connectivity index (χ4n) is 2.82. The van der Waals surface area contributed by atoms with Crippen LogP contribution in [0.25, 0.3) is 0 Å². The molecular formula is C19H42N2. The van der Waals surface area contributed by atoms with Gasteiger partial charge in [0.1, 0.15) is 0 Å². The second-order valence-electron chi connectivity index (χ2n) is 6.39. The minimum atomic E-state index is 1.18. The van der Waals surface area contributed by atoms with Gasteiger partial charge in [-0.15, -0.1) is 0 Å². The molecule has 0 unspecified atom stereocenters. The fraction of sp³-hybridized carbons (Fsp3) is 1.00. The summed E-state index contributed by atoms with van der Waals surface area (Å²) in [6.45, 7) is 15.3. The summed E-state index contributed by atoms with van der Waals surface area (Å²) in [6.07, 6.45) is 13.9. The van der Waals surface area contributed by atoms with Crippen LogP contribution < -0.4 is 0 Å². The van der Waals surface area contributed by atoms with Crippen molar-refractivity contribution in [1.29, 1.82) is 0 Å². The molecule has 0 amide bonds. The van der Waals surface area contributed by atoms with E-state index in [1.807, 2.05) is 0 Å². The highest BCUT2D eigenvalue weighted by Gasteiger charge is 2.08. The van der Waals surface area contributed by atoms with Gasteiger partial charge in [-0.3, -0.25) is 9.80 Å². The average Bonchev–Trinajstić information content (AvgIpc) is 2.51. The molecule has 0 aliphatic rings. The zero-order chi connectivity index (χ0) is 15.8. The summed E-state index contributed by atoms with van der Waals surface area (Å²) in [5.41, 5.74) is 0. The molecule has 0 heterocycles. The van der Waals surface area contributed by atoms with E-state index in [-0.39, 0.29) is 0 Å². The Labute approximate surface area is 135 Å². The van der Waals surface area contributed by atoms with Crippen LogP contribution in [0.15, 0.2) is 0 Å². The van der Waals surface area contributed by atoms with E-state index < -0.39 is 0 Å². The second kappa shape index (κ2) is 16.3. The molecule has 0 radical (unpaired) electrons. The highest BCUT2D eigenvalue weighted by atomic mass is 15.3. The van der Waals surface area contributed by atoms with Crippen molar-refractivity contribution < 1.29 is 0 Å². The van der Waals surface area contributed by atoms with Gasteiger partial charge in [0.25, 0.3) is 0 Å². The van der Waals surface area contributed by atoms with Gasteiger partial charge < -0.3 is 0 Å². The first kappa shape index (κ1) is 20.9. The predicted octanol–water partition coefficient (Wildman–Crippen LogP) is 5.53. The van der Waals surface area contributed by atoms with Gasteiger partial charge in [0.2, 0.25) is 0 Å². The number of unbranched alkanes of at least 4 members (excludes halogenated alkanes) is 8. The van der Waals surface area contributed by atoms with E-state index in [9.17, 15) is 0 Å². The Morgan fingerprint density at radius 2 is 0.857 bits per heavy atom. The lowest BCUT2D eigenvalue weighted by Gasteiger charge is -2.29. The quantitative estimate of drug-likeness (QED) is 0.273. The van der Waals surface area contributed by atoms with E-state index in [4.69, 9.17) is 0 Å². The molecule has 0 aromatic carbocycles. The third-order valence-corrected chi connectivity index (χ3v) is 4.45. The first-order valence-corrected chi connectivity index (χ1v) is 9.73. The summed E-state index contributed by atoms with van der Waals surface area (Å²) in [4.78, 5) is 5.25. The van der Waals surface area contributed by atoms with Crippen LogP contribution in [0.2, 0.25) is 0 Å². The van der Waals surface area contributed by atoms with E-state index in [1.54, 1.807) is 0 Å². The molecule has 0 N–H and O–H groups in total. The van der Waals surface area contributed by atoms with Gasteiger partial charge in [-0.05, 0) is 39.0 Å². The van der Waals surface area contributed by atoms with Crippen LogP contribution in [0.1, 0.15) is 91.9 Å². The van der Waals surface area contributed by atoms with Crippen LogP contribution in [0, 0.1) is 0 Å². The molecular weight excluding hydrogens is 256 g/mol. The Morgan fingerprint density at radius 3 is 1.19 bits per heavy atom. The number of nitrogens with zero attached hydrogens (tertiary/aromatic N) is 2. The molecule has 0 aliphatic heterocycles. The van der Waals surface area contributed by atoms with Gasteiger partial charge >= 0.3 is 0 Å². The Bertz CT molecular complexity index is 174. The summed E-state index contributed by atoms with van der Waals surface area (Å²) < 4.78 is 0. The van der Waals surface area contributed by atoms with Gasteiger partial charge in [-0.25, -0.2) is 0 Å². The highest BCUT2D eigenvalue weighted by molar-refractivity contribution is 4.60. The molecule has 128 valence electrons. The molecule has 0 bridgehead atoms. The molecule has 0 aromatic rings. The molecule has 0 rings (SSSR count). The van der Waals surface area contributed by atoms with E-state index in [2.05, 4.69) is 37.5 Å². The largest absolute Gasteiger partial charge is 0.291 e. The van der Waals surface area contributed by atoms with Crippen LogP contribution in [0.4, 0.5) is 0 Å². The monoisotopic (exact) mass is 298 g/mol. The lowest BCUT2D eigenvalue weighted by Crippen LogP contribution is -2.38. The van der Waals surface area contributed by atoms with Gasteiger partial charge in [-0.1, -0.05) is 79.1 Å². The SMILES string of the molecule is CCCCCCCN(CC)CN(CC)CCCCCCC. The average molecular weight is 299 g/mol. The molecule has 2 nitrogen and oxygen atoms in total. The summed E-state index contributed by atoms with van der Waals surface area (Å²) in [5.74, 6) is 0. The van der Waals surface area contributed by atoms with E-state index in [1.165, 1.54) is 97.1 Å². The third-order valence-electron chi connectivity index (χ3n) is 4.45.